The van der Waals surface area contributed by atoms with Crippen LogP contribution >= 0.6 is 22.6 Å². The first-order valence-electron chi connectivity index (χ1n) is 5.41. The number of methoxy groups -OCH3 is 2. The number of rotatable bonds is 5. The SMILES string of the molecule is COc1cc(CCCI)c(OC)c2c1OCO2. The molecule has 1 heterocycles. The first-order chi connectivity index (χ1) is 8.31. The van der Waals surface area contributed by atoms with Crippen LogP contribution in [0.4, 0.5) is 0 Å². The Hall–Kier alpha value is -0.850. The van der Waals surface area contributed by atoms with Gasteiger partial charge in [-0.15, -0.1) is 0 Å². The summed E-state index contributed by atoms with van der Waals surface area (Å²) in [5.41, 5.74) is 1.10. The summed E-state index contributed by atoms with van der Waals surface area (Å²) >= 11 is 2.36. The van der Waals surface area contributed by atoms with Crippen molar-refractivity contribution in [3.8, 4) is 23.0 Å². The minimum Gasteiger partial charge on any atom is -0.493 e. The summed E-state index contributed by atoms with van der Waals surface area (Å²) < 4.78 is 22.7. The van der Waals surface area contributed by atoms with Crippen LogP contribution in [0.2, 0.25) is 0 Å². The first-order valence-corrected chi connectivity index (χ1v) is 6.93. The Bertz CT molecular complexity index is 406. The van der Waals surface area contributed by atoms with E-state index in [0.29, 0.717) is 17.2 Å². The van der Waals surface area contributed by atoms with Crippen molar-refractivity contribution in [1.29, 1.82) is 0 Å². The van der Waals surface area contributed by atoms with E-state index in [1.807, 2.05) is 6.07 Å². The standard InChI is InChI=1S/C12H15IO4/c1-14-9-6-8(4-3-5-13)10(15-2)12-11(9)16-7-17-12/h6H,3-5,7H2,1-2H3. The highest BCUT2D eigenvalue weighted by molar-refractivity contribution is 14.1. The van der Waals surface area contributed by atoms with E-state index < -0.39 is 0 Å². The molecule has 1 aliphatic heterocycles. The van der Waals surface area contributed by atoms with E-state index in [9.17, 15) is 0 Å². The fraction of sp³-hybridized carbons (Fsp3) is 0.500. The second kappa shape index (κ2) is 5.66. The second-order valence-electron chi connectivity index (χ2n) is 3.63. The van der Waals surface area contributed by atoms with Crippen molar-refractivity contribution in [1.82, 2.24) is 0 Å². The molecule has 0 N–H and O–H groups in total. The number of ether oxygens (including phenoxy) is 4. The molecule has 2 rings (SSSR count). The van der Waals surface area contributed by atoms with Crippen molar-refractivity contribution in [2.75, 3.05) is 25.4 Å². The Balaban J connectivity index is 2.43. The van der Waals surface area contributed by atoms with Crippen molar-refractivity contribution in [3.05, 3.63) is 11.6 Å². The molecule has 1 aromatic carbocycles. The Labute approximate surface area is 114 Å². The summed E-state index contributed by atoms with van der Waals surface area (Å²) in [5, 5.41) is 0. The largest absolute Gasteiger partial charge is 0.493 e. The first kappa shape index (κ1) is 12.6. The summed E-state index contributed by atoms with van der Waals surface area (Å²) in [6, 6.07) is 1.97. The van der Waals surface area contributed by atoms with Gasteiger partial charge in [-0.1, -0.05) is 22.6 Å². The van der Waals surface area contributed by atoms with Crippen LogP contribution in [0.1, 0.15) is 12.0 Å². The summed E-state index contributed by atoms with van der Waals surface area (Å²) in [7, 11) is 3.28. The Morgan fingerprint density at radius 3 is 2.65 bits per heavy atom. The number of benzene rings is 1. The fourth-order valence-electron chi connectivity index (χ4n) is 1.88. The highest BCUT2D eigenvalue weighted by atomic mass is 127. The molecule has 1 aliphatic rings. The molecule has 0 bridgehead atoms. The van der Waals surface area contributed by atoms with E-state index in [1.165, 1.54) is 0 Å². The van der Waals surface area contributed by atoms with E-state index >= 15 is 0 Å². The van der Waals surface area contributed by atoms with Crippen molar-refractivity contribution in [2.24, 2.45) is 0 Å². The number of alkyl halides is 1. The van der Waals surface area contributed by atoms with Crippen LogP contribution in [-0.4, -0.2) is 25.4 Å². The van der Waals surface area contributed by atoms with Gasteiger partial charge in [0.15, 0.2) is 11.5 Å². The van der Waals surface area contributed by atoms with Crippen molar-refractivity contribution in [3.63, 3.8) is 0 Å². The van der Waals surface area contributed by atoms with E-state index in [4.69, 9.17) is 18.9 Å². The Morgan fingerprint density at radius 2 is 2.00 bits per heavy atom. The third kappa shape index (κ3) is 2.38. The highest BCUT2D eigenvalue weighted by Crippen LogP contribution is 2.49. The molecule has 1 aromatic rings. The molecule has 0 fully saturated rings. The molecule has 17 heavy (non-hydrogen) atoms. The predicted molar refractivity (Wildman–Crippen MR) is 72.9 cm³/mol. The molecule has 4 nitrogen and oxygen atoms in total. The normalized spacial score (nSPS) is 12.6. The molecule has 0 atom stereocenters. The summed E-state index contributed by atoms with van der Waals surface area (Å²) in [4.78, 5) is 0. The summed E-state index contributed by atoms with van der Waals surface area (Å²) in [5.74, 6) is 2.78. The maximum Gasteiger partial charge on any atom is 0.231 e. The average Bonchev–Trinajstić information content (AvgIpc) is 2.83. The maximum atomic E-state index is 5.45. The van der Waals surface area contributed by atoms with E-state index in [0.717, 1.165) is 28.6 Å². The molecular weight excluding hydrogens is 335 g/mol. The van der Waals surface area contributed by atoms with Gasteiger partial charge in [-0.3, -0.25) is 0 Å². The topological polar surface area (TPSA) is 36.9 Å². The minimum absolute atomic E-state index is 0.220. The van der Waals surface area contributed by atoms with E-state index in [2.05, 4.69) is 22.6 Å². The Morgan fingerprint density at radius 1 is 1.24 bits per heavy atom. The molecule has 94 valence electrons. The molecule has 0 saturated carbocycles. The molecular formula is C12H15IO4. The van der Waals surface area contributed by atoms with E-state index in [1.54, 1.807) is 14.2 Å². The van der Waals surface area contributed by atoms with Crippen molar-refractivity contribution >= 4 is 22.6 Å². The zero-order valence-corrected chi connectivity index (χ0v) is 12.1. The van der Waals surface area contributed by atoms with Gasteiger partial charge in [-0.25, -0.2) is 0 Å². The number of halogens is 1. The van der Waals surface area contributed by atoms with Gasteiger partial charge in [0.1, 0.15) is 0 Å². The lowest BCUT2D eigenvalue weighted by atomic mass is 10.1. The monoisotopic (exact) mass is 350 g/mol. The van der Waals surface area contributed by atoms with Crippen LogP contribution in [0.25, 0.3) is 0 Å². The number of hydrogen-bond acceptors (Lipinski definition) is 4. The van der Waals surface area contributed by atoms with Crippen molar-refractivity contribution < 1.29 is 18.9 Å². The summed E-state index contributed by atoms with van der Waals surface area (Å²) in [6.07, 6.45) is 2.04. The van der Waals surface area contributed by atoms with Gasteiger partial charge < -0.3 is 18.9 Å². The van der Waals surface area contributed by atoms with Gasteiger partial charge in [-0.05, 0) is 23.3 Å². The third-order valence-corrected chi connectivity index (χ3v) is 3.41. The Kier molecular flexibility index (Phi) is 4.20. The number of aryl methyl sites for hydroxylation is 1. The van der Waals surface area contributed by atoms with Crippen LogP contribution in [0.15, 0.2) is 6.07 Å². The molecule has 0 spiro atoms. The molecule has 0 aromatic heterocycles. The molecule has 0 amide bonds. The number of hydrogen-bond donors (Lipinski definition) is 0. The van der Waals surface area contributed by atoms with Gasteiger partial charge in [-0.2, -0.15) is 0 Å². The van der Waals surface area contributed by atoms with Crippen LogP contribution < -0.4 is 18.9 Å². The molecule has 5 heteroatoms. The van der Waals surface area contributed by atoms with Crippen LogP contribution in [0, 0.1) is 0 Å². The van der Waals surface area contributed by atoms with Crippen LogP contribution in [0.3, 0.4) is 0 Å². The molecule has 0 aliphatic carbocycles. The quantitative estimate of drug-likeness (QED) is 0.605. The van der Waals surface area contributed by atoms with Gasteiger partial charge in [0.05, 0.1) is 14.2 Å². The van der Waals surface area contributed by atoms with Gasteiger partial charge >= 0.3 is 0 Å². The lowest BCUT2D eigenvalue weighted by Crippen LogP contribution is -1.97. The smallest absolute Gasteiger partial charge is 0.231 e. The maximum absolute atomic E-state index is 5.45. The second-order valence-corrected chi connectivity index (χ2v) is 4.71. The lowest BCUT2D eigenvalue weighted by molar-refractivity contribution is 0.168. The zero-order valence-electron chi connectivity index (χ0n) is 9.92. The third-order valence-electron chi connectivity index (χ3n) is 2.64. The lowest BCUT2D eigenvalue weighted by Gasteiger charge is -2.13. The predicted octanol–water partition coefficient (Wildman–Crippen LogP) is 2.80. The zero-order chi connectivity index (χ0) is 12.3. The minimum atomic E-state index is 0.220. The van der Waals surface area contributed by atoms with Gasteiger partial charge in [0.25, 0.3) is 0 Å². The molecule has 0 unspecified atom stereocenters. The summed E-state index contributed by atoms with van der Waals surface area (Å²) in [6.45, 7) is 0.220. The van der Waals surface area contributed by atoms with Crippen LogP contribution in [0.5, 0.6) is 23.0 Å². The van der Waals surface area contributed by atoms with Crippen molar-refractivity contribution in [2.45, 2.75) is 12.8 Å². The number of fused-ring (bicyclic) bond motifs is 1. The molecule has 0 saturated heterocycles. The fourth-order valence-corrected chi connectivity index (χ4v) is 2.27. The van der Waals surface area contributed by atoms with Crippen LogP contribution in [-0.2, 0) is 6.42 Å². The van der Waals surface area contributed by atoms with Gasteiger partial charge in [0, 0.05) is 5.56 Å². The average molecular weight is 350 g/mol. The van der Waals surface area contributed by atoms with Gasteiger partial charge in [0.2, 0.25) is 18.3 Å². The highest BCUT2D eigenvalue weighted by Gasteiger charge is 2.26. The van der Waals surface area contributed by atoms with E-state index in [-0.39, 0.29) is 6.79 Å². The molecule has 0 radical (unpaired) electrons.